The number of nitrogens with two attached hydrogens (primary N) is 2. The van der Waals surface area contributed by atoms with Crippen LogP contribution in [0.4, 0.5) is 21.7 Å². The number of hydrogen-bond acceptors (Lipinski definition) is 9. The lowest BCUT2D eigenvalue weighted by atomic mass is 9.91. The zero-order valence-electron chi connectivity index (χ0n) is 20.3. The first-order chi connectivity index (χ1) is 17.2. The van der Waals surface area contributed by atoms with Crippen molar-refractivity contribution in [2.24, 2.45) is 5.73 Å². The van der Waals surface area contributed by atoms with E-state index in [0.29, 0.717) is 45.3 Å². The Morgan fingerprint density at radius 2 is 1.92 bits per heavy atom. The summed E-state index contributed by atoms with van der Waals surface area (Å²) in [7, 11) is 0. The Bertz CT molecular complexity index is 1460. The summed E-state index contributed by atoms with van der Waals surface area (Å²) in [5.41, 5.74) is 15.6. The van der Waals surface area contributed by atoms with Crippen LogP contribution in [-0.2, 0) is 0 Å². The number of nitrogens with one attached hydrogen (secondary N) is 1. The Hall–Kier alpha value is -4.18. The molecule has 1 fully saturated rings. The van der Waals surface area contributed by atoms with Gasteiger partial charge in [0.1, 0.15) is 28.7 Å². The summed E-state index contributed by atoms with van der Waals surface area (Å²) < 4.78 is 14.0. The summed E-state index contributed by atoms with van der Waals surface area (Å²) in [5, 5.41) is 3.80. The minimum absolute atomic E-state index is 0.160. The van der Waals surface area contributed by atoms with E-state index in [2.05, 4.69) is 43.7 Å². The third kappa shape index (κ3) is 4.67. The first-order valence-corrected chi connectivity index (χ1v) is 11.7. The third-order valence-electron chi connectivity index (χ3n) is 6.40. The zero-order valence-corrected chi connectivity index (χ0v) is 20.3. The van der Waals surface area contributed by atoms with Gasteiger partial charge in [0, 0.05) is 30.2 Å². The maximum atomic E-state index is 14.0. The maximum absolute atomic E-state index is 14.0. The molecule has 1 aliphatic heterocycles. The SMILES string of the molecule is C=C(Nc1ncccc1N1CCC(C)(N)CC1)c1nc(-c2nc(C)nc3ccc(F)cc23)cnc1N. The highest BCUT2D eigenvalue weighted by Crippen LogP contribution is 2.32. The van der Waals surface area contributed by atoms with Crippen LogP contribution in [0.5, 0.6) is 0 Å². The largest absolute Gasteiger partial charge is 0.382 e. The Morgan fingerprint density at radius 1 is 1.14 bits per heavy atom. The van der Waals surface area contributed by atoms with E-state index in [1.807, 2.05) is 12.1 Å². The van der Waals surface area contributed by atoms with E-state index >= 15 is 0 Å². The molecule has 0 atom stereocenters. The molecular weight excluding hydrogens is 457 g/mol. The molecule has 0 amide bonds. The highest BCUT2D eigenvalue weighted by molar-refractivity contribution is 5.92. The number of aryl methyl sites for hydroxylation is 1. The molecule has 10 heteroatoms. The van der Waals surface area contributed by atoms with Crippen molar-refractivity contribution in [2.75, 3.05) is 29.0 Å². The topological polar surface area (TPSA) is 132 Å². The van der Waals surface area contributed by atoms with Crippen LogP contribution in [0, 0.1) is 12.7 Å². The number of pyridine rings is 1. The van der Waals surface area contributed by atoms with Crippen LogP contribution in [0.15, 0.2) is 49.3 Å². The summed E-state index contributed by atoms with van der Waals surface area (Å²) in [5.74, 6) is 0.989. The highest BCUT2D eigenvalue weighted by Gasteiger charge is 2.27. The fraction of sp³-hybridized carbons (Fsp3) is 0.269. The third-order valence-corrected chi connectivity index (χ3v) is 6.40. The van der Waals surface area contributed by atoms with E-state index in [1.165, 1.54) is 18.3 Å². The van der Waals surface area contributed by atoms with Gasteiger partial charge in [-0.1, -0.05) is 6.58 Å². The van der Waals surface area contributed by atoms with Gasteiger partial charge in [-0.3, -0.25) is 0 Å². The van der Waals surface area contributed by atoms with Crippen LogP contribution < -0.4 is 21.7 Å². The molecule has 5 rings (SSSR count). The first-order valence-electron chi connectivity index (χ1n) is 11.7. The maximum Gasteiger partial charge on any atom is 0.154 e. The Labute approximate surface area is 208 Å². The molecule has 0 unspecified atom stereocenters. The molecular formula is C26H28FN9. The molecule has 0 radical (unpaired) electrons. The molecule has 36 heavy (non-hydrogen) atoms. The quantitative estimate of drug-likeness (QED) is 0.385. The van der Waals surface area contributed by atoms with E-state index in [1.54, 1.807) is 19.2 Å². The molecule has 0 aliphatic carbocycles. The Morgan fingerprint density at radius 3 is 2.69 bits per heavy atom. The van der Waals surface area contributed by atoms with Gasteiger partial charge in [-0.2, -0.15) is 0 Å². The number of piperidine rings is 1. The van der Waals surface area contributed by atoms with Crippen molar-refractivity contribution in [1.82, 2.24) is 24.9 Å². The molecule has 3 aromatic heterocycles. The van der Waals surface area contributed by atoms with Crippen molar-refractivity contribution < 1.29 is 4.39 Å². The standard InChI is InChI=1S/C26H28FN9/c1-15(32-25-21(5-4-10-30-25)36-11-8-26(3,29)9-12-36)22-24(28)31-14-20(35-22)23-18-13-17(27)6-7-19(18)33-16(2)34-23/h4-7,10,13-14H,1,8-9,11-12,29H2,2-3H3,(H2,28,31)(H,30,32). The predicted molar refractivity (Wildman–Crippen MR) is 141 cm³/mol. The van der Waals surface area contributed by atoms with Crippen LogP contribution in [0.2, 0.25) is 0 Å². The molecule has 1 aromatic carbocycles. The van der Waals surface area contributed by atoms with E-state index in [-0.39, 0.29) is 17.2 Å². The van der Waals surface area contributed by atoms with E-state index in [9.17, 15) is 4.39 Å². The summed E-state index contributed by atoms with van der Waals surface area (Å²) in [6.45, 7) is 9.66. The van der Waals surface area contributed by atoms with Gasteiger partial charge >= 0.3 is 0 Å². The normalized spacial score (nSPS) is 15.2. The second-order valence-electron chi connectivity index (χ2n) is 9.39. The minimum atomic E-state index is -0.388. The summed E-state index contributed by atoms with van der Waals surface area (Å²) >= 11 is 0. The molecule has 1 saturated heterocycles. The number of benzene rings is 1. The summed E-state index contributed by atoms with van der Waals surface area (Å²) in [6.07, 6.45) is 5.00. The van der Waals surface area contributed by atoms with Crippen molar-refractivity contribution in [3.63, 3.8) is 0 Å². The molecule has 4 heterocycles. The van der Waals surface area contributed by atoms with Crippen LogP contribution in [0.25, 0.3) is 28.0 Å². The number of anilines is 3. The van der Waals surface area contributed by atoms with Crippen molar-refractivity contribution in [2.45, 2.75) is 32.2 Å². The number of hydrogen-bond donors (Lipinski definition) is 3. The fourth-order valence-corrected chi connectivity index (χ4v) is 4.36. The Kier molecular flexibility index (Phi) is 5.97. The minimum Gasteiger partial charge on any atom is -0.382 e. The summed E-state index contributed by atoms with van der Waals surface area (Å²) in [4.78, 5) is 24.7. The van der Waals surface area contributed by atoms with Gasteiger partial charge in [0.05, 0.1) is 23.1 Å². The van der Waals surface area contributed by atoms with E-state index < -0.39 is 0 Å². The van der Waals surface area contributed by atoms with Gasteiger partial charge < -0.3 is 21.7 Å². The van der Waals surface area contributed by atoms with Crippen molar-refractivity contribution >= 4 is 33.9 Å². The molecule has 0 saturated carbocycles. The molecule has 9 nitrogen and oxygen atoms in total. The van der Waals surface area contributed by atoms with Gasteiger partial charge in [-0.25, -0.2) is 29.3 Å². The molecule has 0 bridgehead atoms. The smallest absolute Gasteiger partial charge is 0.154 e. The van der Waals surface area contributed by atoms with Gasteiger partial charge in [0.15, 0.2) is 11.6 Å². The van der Waals surface area contributed by atoms with E-state index in [4.69, 9.17) is 16.5 Å². The molecule has 184 valence electrons. The molecule has 4 aromatic rings. The first kappa shape index (κ1) is 23.6. The predicted octanol–water partition coefficient (Wildman–Crippen LogP) is 3.91. The van der Waals surface area contributed by atoms with Crippen LogP contribution in [0.3, 0.4) is 0 Å². The number of aromatic nitrogens is 5. The number of nitrogens with zero attached hydrogens (tertiary/aromatic N) is 6. The van der Waals surface area contributed by atoms with Crippen molar-refractivity contribution in [3.05, 3.63) is 66.6 Å². The number of nitrogen functional groups attached to an aromatic ring is 1. The number of fused-ring (bicyclic) bond motifs is 1. The molecule has 1 aliphatic rings. The second-order valence-corrected chi connectivity index (χ2v) is 9.39. The Balaban J connectivity index is 1.48. The average Bonchev–Trinajstić information content (AvgIpc) is 2.85. The van der Waals surface area contributed by atoms with Crippen LogP contribution in [0.1, 0.15) is 31.3 Å². The molecule has 0 spiro atoms. The van der Waals surface area contributed by atoms with Crippen molar-refractivity contribution in [3.8, 4) is 11.4 Å². The lowest BCUT2D eigenvalue weighted by molar-refractivity contribution is 0.364. The van der Waals surface area contributed by atoms with Crippen LogP contribution >= 0.6 is 0 Å². The monoisotopic (exact) mass is 485 g/mol. The van der Waals surface area contributed by atoms with Gasteiger partial charge in [-0.15, -0.1) is 0 Å². The van der Waals surface area contributed by atoms with E-state index in [0.717, 1.165) is 31.6 Å². The molecule has 5 N–H and O–H groups in total. The number of rotatable bonds is 5. The average molecular weight is 486 g/mol. The summed E-state index contributed by atoms with van der Waals surface area (Å²) in [6, 6.07) is 8.28. The van der Waals surface area contributed by atoms with Crippen molar-refractivity contribution in [1.29, 1.82) is 0 Å². The zero-order chi connectivity index (χ0) is 25.4. The van der Waals surface area contributed by atoms with Gasteiger partial charge in [-0.05, 0) is 57.0 Å². The highest BCUT2D eigenvalue weighted by atomic mass is 19.1. The lowest BCUT2D eigenvalue weighted by Crippen LogP contribution is -2.48. The van der Waals surface area contributed by atoms with Gasteiger partial charge in [0.2, 0.25) is 0 Å². The second kappa shape index (κ2) is 9.12. The van der Waals surface area contributed by atoms with Gasteiger partial charge in [0.25, 0.3) is 0 Å². The lowest BCUT2D eigenvalue weighted by Gasteiger charge is -2.38. The number of halogens is 1. The van der Waals surface area contributed by atoms with Crippen LogP contribution in [-0.4, -0.2) is 43.5 Å². The fourth-order valence-electron chi connectivity index (χ4n) is 4.36.